The number of rotatable bonds is 6. The molecule has 0 atom stereocenters. The standard InChI is InChI=1S/C29H34N4O4/c1-36-23-11-8-10-22(20-23)15-17-30-27(34)21-33-18-6-2-3-7-19-37-26-14-5-4-13-25(26)32-28-24(29(33)35)12-9-16-31-28/h4-5,8-14,16,20H,2-3,6-7,15,17-19,21H2,1H3,(H,30,34)(H,31,32). The molecule has 8 heteroatoms. The summed E-state index contributed by atoms with van der Waals surface area (Å²) in [6.07, 6.45) is 5.98. The topological polar surface area (TPSA) is 92.8 Å². The molecular formula is C29H34N4O4. The van der Waals surface area contributed by atoms with E-state index in [0.29, 0.717) is 37.5 Å². The zero-order valence-electron chi connectivity index (χ0n) is 21.2. The molecule has 0 radical (unpaired) electrons. The Bertz CT molecular complexity index is 1200. The molecule has 0 fully saturated rings. The number of anilines is 2. The fourth-order valence-electron chi connectivity index (χ4n) is 4.27. The third kappa shape index (κ3) is 7.46. The van der Waals surface area contributed by atoms with Crippen molar-refractivity contribution in [3.63, 3.8) is 0 Å². The monoisotopic (exact) mass is 502 g/mol. The Morgan fingerprint density at radius 1 is 1.08 bits per heavy atom. The third-order valence-electron chi connectivity index (χ3n) is 6.25. The van der Waals surface area contributed by atoms with Crippen molar-refractivity contribution in [2.75, 3.05) is 38.7 Å². The number of ether oxygens (including phenoxy) is 2. The van der Waals surface area contributed by atoms with Crippen LogP contribution in [0.2, 0.25) is 0 Å². The van der Waals surface area contributed by atoms with E-state index in [1.807, 2.05) is 48.5 Å². The van der Waals surface area contributed by atoms with Crippen LogP contribution in [-0.2, 0) is 11.2 Å². The molecule has 2 amide bonds. The highest BCUT2D eigenvalue weighted by atomic mass is 16.5. The molecule has 2 N–H and O–H groups in total. The first kappa shape index (κ1) is 26.0. The SMILES string of the molecule is COc1cccc(CCNC(=O)CN2CCCCCCOc3ccccc3Nc3ncccc3C2=O)c1. The Kier molecular flexibility index (Phi) is 9.35. The number of nitrogens with zero attached hydrogens (tertiary/aromatic N) is 2. The first-order chi connectivity index (χ1) is 18.1. The second-order valence-corrected chi connectivity index (χ2v) is 8.96. The lowest BCUT2D eigenvalue weighted by atomic mass is 10.1. The van der Waals surface area contributed by atoms with Crippen LogP contribution >= 0.6 is 0 Å². The molecule has 0 saturated heterocycles. The van der Waals surface area contributed by atoms with Crippen LogP contribution in [0.4, 0.5) is 11.5 Å². The third-order valence-corrected chi connectivity index (χ3v) is 6.25. The normalized spacial score (nSPS) is 14.3. The van der Waals surface area contributed by atoms with E-state index in [2.05, 4.69) is 15.6 Å². The van der Waals surface area contributed by atoms with E-state index < -0.39 is 0 Å². The van der Waals surface area contributed by atoms with Crippen LogP contribution in [0.25, 0.3) is 0 Å². The van der Waals surface area contributed by atoms with Crippen molar-refractivity contribution in [2.45, 2.75) is 32.1 Å². The zero-order valence-corrected chi connectivity index (χ0v) is 21.2. The minimum atomic E-state index is -0.228. The maximum Gasteiger partial charge on any atom is 0.258 e. The highest BCUT2D eigenvalue weighted by Crippen LogP contribution is 2.29. The fourth-order valence-corrected chi connectivity index (χ4v) is 4.27. The molecule has 1 aliphatic rings. The van der Waals surface area contributed by atoms with Gasteiger partial charge in [-0.1, -0.05) is 37.1 Å². The van der Waals surface area contributed by atoms with E-state index in [-0.39, 0.29) is 18.4 Å². The van der Waals surface area contributed by atoms with Crippen molar-refractivity contribution in [3.8, 4) is 11.5 Å². The number of carbonyl (C=O) groups excluding carboxylic acids is 2. The number of aromatic nitrogens is 1. The summed E-state index contributed by atoms with van der Waals surface area (Å²) in [5.74, 6) is 1.53. The average Bonchev–Trinajstić information content (AvgIpc) is 2.92. The van der Waals surface area contributed by atoms with Crippen LogP contribution in [0.15, 0.2) is 66.9 Å². The number of para-hydroxylation sites is 2. The number of methoxy groups -OCH3 is 1. The molecule has 0 spiro atoms. The summed E-state index contributed by atoms with van der Waals surface area (Å²) in [4.78, 5) is 32.5. The van der Waals surface area contributed by atoms with Gasteiger partial charge in [-0.05, 0) is 61.2 Å². The van der Waals surface area contributed by atoms with Gasteiger partial charge in [0.15, 0.2) is 0 Å². The van der Waals surface area contributed by atoms with Gasteiger partial charge < -0.3 is 25.0 Å². The van der Waals surface area contributed by atoms with Gasteiger partial charge >= 0.3 is 0 Å². The molecule has 37 heavy (non-hydrogen) atoms. The quantitative estimate of drug-likeness (QED) is 0.512. The van der Waals surface area contributed by atoms with Gasteiger partial charge in [0.1, 0.15) is 17.3 Å². The van der Waals surface area contributed by atoms with Gasteiger partial charge in [-0.25, -0.2) is 4.98 Å². The lowest BCUT2D eigenvalue weighted by molar-refractivity contribution is -0.121. The summed E-state index contributed by atoms with van der Waals surface area (Å²) in [7, 11) is 1.63. The molecule has 2 aromatic carbocycles. The van der Waals surface area contributed by atoms with Crippen molar-refractivity contribution in [3.05, 3.63) is 78.0 Å². The van der Waals surface area contributed by atoms with Crippen molar-refractivity contribution in [2.24, 2.45) is 0 Å². The van der Waals surface area contributed by atoms with Crippen LogP contribution in [-0.4, -0.2) is 55.0 Å². The maximum atomic E-state index is 13.6. The van der Waals surface area contributed by atoms with Crippen LogP contribution in [0.1, 0.15) is 41.6 Å². The highest BCUT2D eigenvalue weighted by Gasteiger charge is 2.22. The summed E-state index contributed by atoms with van der Waals surface area (Å²) in [5.41, 5.74) is 2.23. The number of nitrogens with one attached hydrogen (secondary N) is 2. The molecule has 3 aromatic rings. The number of hydrogen-bond donors (Lipinski definition) is 2. The summed E-state index contributed by atoms with van der Waals surface area (Å²) in [5, 5.41) is 6.22. The molecule has 2 heterocycles. The fraction of sp³-hybridized carbons (Fsp3) is 0.345. The molecule has 0 saturated carbocycles. The summed E-state index contributed by atoms with van der Waals surface area (Å²) >= 11 is 0. The van der Waals surface area contributed by atoms with Crippen LogP contribution in [0.5, 0.6) is 11.5 Å². The number of benzene rings is 2. The lowest BCUT2D eigenvalue weighted by Crippen LogP contribution is -2.42. The lowest BCUT2D eigenvalue weighted by Gasteiger charge is -2.24. The van der Waals surface area contributed by atoms with Crippen molar-refractivity contribution >= 4 is 23.3 Å². The maximum absolute atomic E-state index is 13.6. The Morgan fingerprint density at radius 3 is 2.84 bits per heavy atom. The van der Waals surface area contributed by atoms with Crippen molar-refractivity contribution in [1.82, 2.24) is 15.2 Å². The van der Waals surface area contributed by atoms with E-state index in [4.69, 9.17) is 9.47 Å². The van der Waals surface area contributed by atoms with Crippen molar-refractivity contribution < 1.29 is 19.1 Å². The molecule has 0 unspecified atom stereocenters. The molecular weight excluding hydrogens is 468 g/mol. The Morgan fingerprint density at radius 2 is 1.95 bits per heavy atom. The minimum absolute atomic E-state index is 0.00895. The Labute approximate surface area is 218 Å². The van der Waals surface area contributed by atoms with Gasteiger partial charge in [-0.3, -0.25) is 9.59 Å². The Hall–Kier alpha value is -4.07. The average molecular weight is 503 g/mol. The van der Waals surface area contributed by atoms with Gasteiger partial charge in [0.2, 0.25) is 5.91 Å². The zero-order chi connectivity index (χ0) is 25.9. The first-order valence-electron chi connectivity index (χ1n) is 12.8. The predicted molar refractivity (Wildman–Crippen MR) is 144 cm³/mol. The molecule has 8 nitrogen and oxygen atoms in total. The van der Waals surface area contributed by atoms with E-state index in [9.17, 15) is 9.59 Å². The smallest absolute Gasteiger partial charge is 0.258 e. The first-order valence-corrected chi connectivity index (χ1v) is 12.8. The summed E-state index contributed by atoms with van der Waals surface area (Å²) in [6, 6.07) is 18.9. The molecule has 0 aliphatic carbocycles. The van der Waals surface area contributed by atoms with Gasteiger partial charge in [0, 0.05) is 19.3 Å². The Balaban J connectivity index is 1.46. The van der Waals surface area contributed by atoms with E-state index in [1.165, 1.54) is 0 Å². The molecule has 0 bridgehead atoms. The van der Waals surface area contributed by atoms with Crippen LogP contribution < -0.4 is 20.1 Å². The van der Waals surface area contributed by atoms with E-state index in [1.54, 1.807) is 30.3 Å². The van der Waals surface area contributed by atoms with Gasteiger partial charge in [-0.2, -0.15) is 0 Å². The van der Waals surface area contributed by atoms with Crippen molar-refractivity contribution in [1.29, 1.82) is 0 Å². The van der Waals surface area contributed by atoms with E-state index in [0.717, 1.165) is 48.4 Å². The predicted octanol–water partition coefficient (Wildman–Crippen LogP) is 4.59. The summed E-state index contributed by atoms with van der Waals surface area (Å²) in [6.45, 7) is 1.58. The summed E-state index contributed by atoms with van der Waals surface area (Å²) < 4.78 is 11.3. The van der Waals surface area contributed by atoms with Gasteiger partial charge in [0.25, 0.3) is 5.91 Å². The number of carbonyl (C=O) groups is 2. The van der Waals surface area contributed by atoms with Crippen LogP contribution in [0, 0.1) is 0 Å². The number of fused-ring (bicyclic) bond motifs is 2. The highest BCUT2D eigenvalue weighted by molar-refractivity contribution is 6.01. The minimum Gasteiger partial charge on any atom is -0.497 e. The second-order valence-electron chi connectivity index (χ2n) is 8.96. The van der Waals surface area contributed by atoms with Gasteiger partial charge in [-0.15, -0.1) is 0 Å². The number of pyridine rings is 1. The van der Waals surface area contributed by atoms with Gasteiger partial charge in [0.05, 0.1) is 31.5 Å². The molecule has 1 aliphatic heterocycles. The molecule has 194 valence electrons. The molecule has 1 aromatic heterocycles. The largest absolute Gasteiger partial charge is 0.497 e. The molecule has 4 rings (SSSR count). The number of hydrogen-bond acceptors (Lipinski definition) is 6. The van der Waals surface area contributed by atoms with Crippen LogP contribution in [0.3, 0.4) is 0 Å². The number of amides is 2. The second kappa shape index (κ2) is 13.3. The van der Waals surface area contributed by atoms with E-state index >= 15 is 0 Å².